The first-order chi connectivity index (χ1) is 7.45. The van der Waals surface area contributed by atoms with Gasteiger partial charge in [0.05, 0.1) is 7.11 Å². The van der Waals surface area contributed by atoms with E-state index in [0.29, 0.717) is 11.3 Å². The van der Waals surface area contributed by atoms with Crippen LogP contribution in [0.15, 0.2) is 12.1 Å². The molecular weight excluding hydrogens is 196 g/mol. The largest absolute Gasteiger partial charge is 0.496 e. The van der Waals surface area contributed by atoms with Crippen molar-refractivity contribution in [3.05, 3.63) is 28.8 Å². The molecule has 0 N–H and O–H groups in total. The molecule has 0 bridgehead atoms. The lowest BCUT2D eigenvalue weighted by atomic mass is 9.67. The average Bonchev–Trinajstić information content (AvgIpc) is 2.24. The number of benzene rings is 1. The van der Waals surface area contributed by atoms with Crippen LogP contribution in [0.1, 0.15) is 49.8 Å². The Morgan fingerprint density at radius 1 is 1.31 bits per heavy atom. The second kappa shape index (κ2) is 3.80. The van der Waals surface area contributed by atoms with E-state index >= 15 is 0 Å². The van der Waals surface area contributed by atoms with Gasteiger partial charge in [-0.1, -0.05) is 26.8 Å². The zero-order valence-corrected chi connectivity index (χ0v) is 11.1. The van der Waals surface area contributed by atoms with Gasteiger partial charge in [0.15, 0.2) is 0 Å². The first-order valence-electron chi connectivity index (χ1n) is 6.13. The highest BCUT2D eigenvalue weighted by Gasteiger charge is 2.32. The van der Waals surface area contributed by atoms with Gasteiger partial charge in [0.1, 0.15) is 5.75 Å². The monoisotopic (exact) mass is 218 g/mol. The van der Waals surface area contributed by atoms with Crippen LogP contribution in [0.3, 0.4) is 0 Å². The maximum Gasteiger partial charge on any atom is 0.122 e. The maximum absolute atomic E-state index is 5.40. The van der Waals surface area contributed by atoms with Gasteiger partial charge in [0.2, 0.25) is 0 Å². The zero-order valence-electron chi connectivity index (χ0n) is 11.1. The molecule has 1 unspecified atom stereocenters. The second-order valence-electron chi connectivity index (χ2n) is 5.73. The molecule has 0 aliphatic heterocycles. The Bertz CT molecular complexity index is 404. The summed E-state index contributed by atoms with van der Waals surface area (Å²) in [6.45, 7) is 9.23. The Labute approximate surface area is 98.8 Å². The van der Waals surface area contributed by atoms with Crippen LogP contribution in [0.25, 0.3) is 0 Å². The number of rotatable bonds is 1. The average molecular weight is 218 g/mol. The SMILES string of the molecule is COc1cc2c(cc1C)C(C)C(C)(C)CC2. The van der Waals surface area contributed by atoms with Crippen LogP contribution in [-0.4, -0.2) is 7.11 Å². The van der Waals surface area contributed by atoms with E-state index < -0.39 is 0 Å². The van der Waals surface area contributed by atoms with Gasteiger partial charge >= 0.3 is 0 Å². The van der Waals surface area contributed by atoms with Crippen LogP contribution in [0, 0.1) is 12.3 Å². The Kier molecular flexibility index (Phi) is 2.73. The third-order valence-electron chi connectivity index (χ3n) is 4.33. The third kappa shape index (κ3) is 1.73. The van der Waals surface area contributed by atoms with E-state index in [1.165, 1.54) is 29.5 Å². The van der Waals surface area contributed by atoms with Crippen molar-refractivity contribution in [1.29, 1.82) is 0 Å². The molecule has 1 aromatic rings. The second-order valence-corrected chi connectivity index (χ2v) is 5.73. The van der Waals surface area contributed by atoms with Gasteiger partial charge in [-0.3, -0.25) is 0 Å². The van der Waals surface area contributed by atoms with Crippen molar-refractivity contribution in [2.75, 3.05) is 7.11 Å². The molecule has 1 aliphatic rings. The summed E-state index contributed by atoms with van der Waals surface area (Å²) in [5.41, 5.74) is 4.68. The lowest BCUT2D eigenvalue weighted by Gasteiger charge is -2.38. The van der Waals surface area contributed by atoms with E-state index in [9.17, 15) is 0 Å². The van der Waals surface area contributed by atoms with E-state index in [1.807, 2.05) is 0 Å². The predicted octanol–water partition coefficient (Wildman–Crippen LogP) is 4.08. The minimum atomic E-state index is 0.425. The lowest BCUT2D eigenvalue weighted by Crippen LogP contribution is -2.26. The van der Waals surface area contributed by atoms with E-state index in [-0.39, 0.29) is 0 Å². The zero-order chi connectivity index (χ0) is 11.9. The first-order valence-corrected chi connectivity index (χ1v) is 6.13. The molecular formula is C15H22O. The number of fused-ring (bicyclic) bond motifs is 1. The van der Waals surface area contributed by atoms with Gasteiger partial charge in [-0.25, -0.2) is 0 Å². The van der Waals surface area contributed by atoms with Crippen molar-refractivity contribution < 1.29 is 4.74 Å². The Balaban J connectivity index is 2.50. The van der Waals surface area contributed by atoms with Crippen molar-refractivity contribution in [2.24, 2.45) is 5.41 Å². The highest BCUT2D eigenvalue weighted by Crippen LogP contribution is 2.46. The van der Waals surface area contributed by atoms with Gasteiger partial charge in [-0.15, -0.1) is 0 Å². The molecule has 16 heavy (non-hydrogen) atoms. The van der Waals surface area contributed by atoms with Crippen LogP contribution in [0.4, 0.5) is 0 Å². The summed E-state index contributed by atoms with van der Waals surface area (Å²) < 4.78 is 5.40. The van der Waals surface area contributed by atoms with Crippen molar-refractivity contribution >= 4 is 0 Å². The number of hydrogen-bond acceptors (Lipinski definition) is 1. The summed E-state index contributed by atoms with van der Waals surface area (Å²) in [6, 6.07) is 4.55. The molecule has 1 heteroatoms. The molecule has 1 aliphatic carbocycles. The quantitative estimate of drug-likeness (QED) is 0.690. The third-order valence-corrected chi connectivity index (χ3v) is 4.33. The Morgan fingerprint density at radius 3 is 2.62 bits per heavy atom. The van der Waals surface area contributed by atoms with Crippen molar-refractivity contribution in [2.45, 2.75) is 46.5 Å². The summed E-state index contributed by atoms with van der Waals surface area (Å²) in [7, 11) is 1.75. The minimum absolute atomic E-state index is 0.425. The minimum Gasteiger partial charge on any atom is -0.496 e. The molecule has 1 atom stereocenters. The number of hydrogen-bond donors (Lipinski definition) is 0. The lowest BCUT2D eigenvalue weighted by molar-refractivity contribution is 0.258. The van der Waals surface area contributed by atoms with E-state index in [2.05, 4.69) is 39.8 Å². The molecule has 0 radical (unpaired) electrons. The highest BCUT2D eigenvalue weighted by atomic mass is 16.5. The van der Waals surface area contributed by atoms with Crippen LogP contribution in [-0.2, 0) is 6.42 Å². The van der Waals surface area contributed by atoms with Gasteiger partial charge in [0.25, 0.3) is 0 Å². The smallest absolute Gasteiger partial charge is 0.122 e. The maximum atomic E-state index is 5.40. The molecule has 0 heterocycles. The normalized spacial score (nSPS) is 22.7. The molecule has 0 aromatic heterocycles. The number of ether oxygens (including phenoxy) is 1. The fourth-order valence-electron chi connectivity index (χ4n) is 2.69. The summed E-state index contributed by atoms with van der Waals surface area (Å²) >= 11 is 0. The van der Waals surface area contributed by atoms with Gasteiger partial charge in [0, 0.05) is 0 Å². The Morgan fingerprint density at radius 2 is 2.00 bits per heavy atom. The van der Waals surface area contributed by atoms with E-state index in [4.69, 9.17) is 4.74 Å². The molecule has 0 saturated heterocycles. The number of aryl methyl sites for hydroxylation is 2. The predicted molar refractivity (Wildman–Crippen MR) is 68.2 cm³/mol. The highest BCUT2D eigenvalue weighted by molar-refractivity contribution is 5.45. The molecule has 0 amide bonds. The van der Waals surface area contributed by atoms with Crippen LogP contribution in [0.2, 0.25) is 0 Å². The van der Waals surface area contributed by atoms with Gasteiger partial charge in [-0.05, 0) is 53.9 Å². The molecule has 1 nitrogen and oxygen atoms in total. The van der Waals surface area contributed by atoms with E-state index in [0.717, 1.165) is 5.75 Å². The first kappa shape index (κ1) is 11.5. The molecule has 0 fully saturated rings. The molecule has 1 aromatic carbocycles. The number of methoxy groups -OCH3 is 1. The van der Waals surface area contributed by atoms with Gasteiger partial charge < -0.3 is 4.74 Å². The Hall–Kier alpha value is -0.980. The topological polar surface area (TPSA) is 9.23 Å². The van der Waals surface area contributed by atoms with Crippen LogP contribution in [0.5, 0.6) is 5.75 Å². The standard InChI is InChI=1S/C15H22O/c1-10-8-13-11(2)15(3,4)7-6-12(13)9-14(10)16-5/h8-9,11H,6-7H2,1-5H3. The summed E-state index contributed by atoms with van der Waals surface area (Å²) in [5, 5.41) is 0. The van der Waals surface area contributed by atoms with E-state index in [1.54, 1.807) is 7.11 Å². The summed E-state index contributed by atoms with van der Waals surface area (Å²) in [6.07, 6.45) is 2.46. The van der Waals surface area contributed by atoms with Crippen molar-refractivity contribution in [1.82, 2.24) is 0 Å². The van der Waals surface area contributed by atoms with Crippen LogP contribution >= 0.6 is 0 Å². The fraction of sp³-hybridized carbons (Fsp3) is 0.600. The molecule has 88 valence electrons. The van der Waals surface area contributed by atoms with Crippen LogP contribution < -0.4 is 4.74 Å². The van der Waals surface area contributed by atoms with Crippen molar-refractivity contribution in [3.63, 3.8) is 0 Å². The summed E-state index contributed by atoms with van der Waals surface area (Å²) in [5.74, 6) is 1.67. The molecule has 0 spiro atoms. The molecule has 2 rings (SSSR count). The van der Waals surface area contributed by atoms with Crippen molar-refractivity contribution in [3.8, 4) is 5.75 Å². The fourth-order valence-corrected chi connectivity index (χ4v) is 2.69. The van der Waals surface area contributed by atoms with Gasteiger partial charge in [-0.2, -0.15) is 0 Å². The molecule has 0 saturated carbocycles. The summed E-state index contributed by atoms with van der Waals surface area (Å²) in [4.78, 5) is 0.